The van der Waals surface area contributed by atoms with E-state index in [-0.39, 0.29) is 0 Å². The van der Waals surface area contributed by atoms with Gasteiger partial charge in [0.05, 0.1) is 0 Å². The molecular weight excluding hydrogens is 144 g/mol. The quantitative estimate of drug-likeness (QED) is 0.444. The minimum absolute atomic E-state index is 0.314. The van der Waals surface area contributed by atoms with Crippen molar-refractivity contribution in [3.63, 3.8) is 0 Å². The van der Waals surface area contributed by atoms with Crippen molar-refractivity contribution in [1.82, 2.24) is 0 Å². The summed E-state index contributed by atoms with van der Waals surface area (Å²) in [4.78, 5) is 0. The molecule has 64 valence electrons. The van der Waals surface area contributed by atoms with Gasteiger partial charge < -0.3 is 14.9 Å². The van der Waals surface area contributed by atoms with Gasteiger partial charge in [0.1, 0.15) is 0 Å². The van der Waals surface area contributed by atoms with E-state index in [1.54, 1.807) is 0 Å². The second-order valence-electron chi connectivity index (χ2n) is 2.09. The molecule has 0 fully saturated rings. The first-order chi connectivity index (χ1) is 5.20. The first-order valence-electron chi connectivity index (χ1n) is 3.44. The van der Waals surface area contributed by atoms with Gasteiger partial charge in [0.15, 0.2) is 12.6 Å². The van der Waals surface area contributed by atoms with Gasteiger partial charge in [-0.15, -0.1) is 13.2 Å². The smallest absolute Gasteiger partial charge is 0.161 e. The average molecular weight is 158 g/mol. The predicted molar refractivity (Wildman–Crippen MR) is 42.7 cm³/mol. The van der Waals surface area contributed by atoms with Gasteiger partial charge in [-0.25, -0.2) is 0 Å². The lowest BCUT2D eigenvalue weighted by atomic mass is 10.4. The van der Waals surface area contributed by atoms with Crippen molar-refractivity contribution in [2.24, 2.45) is 0 Å². The first kappa shape index (κ1) is 10.4. The van der Waals surface area contributed by atoms with Gasteiger partial charge in [-0.1, -0.05) is 12.2 Å². The van der Waals surface area contributed by atoms with Crippen LogP contribution in [-0.2, 0) is 4.74 Å². The van der Waals surface area contributed by atoms with Crippen LogP contribution in [0.3, 0.4) is 0 Å². The summed E-state index contributed by atoms with van der Waals surface area (Å²) in [6.45, 7) is 6.82. The van der Waals surface area contributed by atoms with Gasteiger partial charge in [0.2, 0.25) is 0 Å². The summed E-state index contributed by atoms with van der Waals surface area (Å²) in [6.07, 6.45) is 1.73. The summed E-state index contributed by atoms with van der Waals surface area (Å²) in [5.41, 5.74) is 0. The minimum Gasteiger partial charge on any atom is -0.368 e. The van der Waals surface area contributed by atoms with Crippen LogP contribution in [0.4, 0.5) is 0 Å². The predicted octanol–water partition coefficient (Wildman–Crippen LogP) is 0.792. The molecule has 0 saturated heterocycles. The lowest BCUT2D eigenvalue weighted by Crippen LogP contribution is -2.20. The SMILES string of the molecule is C=CCC(O)OC(O)CC=C. The molecule has 3 nitrogen and oxygen atoms in total. The Kier molecular flexibility index (Phi) is 5.74. The van der Waals surface area contributed by atoms with Gasteiger partial charge in [0, 0.05) is 12.8 Å². The lowest BCUT2D eigenvalue weighted by molar-refractivity contribution is -0.203. The molecule has 11 heavy (non-hydrogen) atoms. The summed E-state index contributed by atoms with van der Waals surface area (Å²) < 4.78 is 4.70. The Labute approximate surface area is 66.6 Å². The Balaban J connectivity index is 3.46. The van der Waals surface area contributed by atoms with Crippen molar-refractivity contribution in [3.05, 3.63) is 25.3 Å². The van der Waals surface area contributed by atoms with E-state index in [2.05, 4.69) is 13.2 Å². The maximum atomic E-state index is 8.96. The number of hydrogen-bond donors (Lipinski definition) is 2. The molecule has 0 saturated carbocycles. The summed E-state index contributed by atoms with van der Waals surface area (Å²) in [5, 5.41) is 17.9. The van der Waals surface area contributed by atoms with E-state index in [9.17, 15) is 0 Å². The van der Waals surface area contributed by atoms with Crippen LogP contribution in [0.5, 0.6) is 0 Å². The summed E-state index contributed by atoms with van der Waals surface area (Å²) >= 11 is 0. The molecule has 2 unspecified atom stereocenters. The van der Waals surface area contributed by atoms with Gasteiger partial charge in [0.25, 0.3) is 0 Å². The second-order valence-corrected chi connectivity index (χ2v) is 2.09. The molecule has 3 heteroatoms. The van der Waals surface area contributed by atoms with Crippen LogP contribution >= 0.6 is 0 Å². The van der Waals surface area contributed by atoms with Crippen molar-refractivity contribution in [1.29, 1.82) is 0 Å². The Bertz CT molecular complexity index is 109. The number of rotatable bonds is 6. The Morgan fingerprint density at radius 2 is 1.45 bits per heavy atom. The zero-order valence-corrected chi connectivity index (χ0v) is 6.44. The van der Waals surface area contributed by atoms with Crippen LogP contribution in [0.1, 0.15) is 12.8 Å². The second kappa shape index (κ2) is 6.09. The van der Waals surface area contributed by atoms with Crippen molar-refractivity contribution >= 4 is 0 Å². The van der Waals surface area contributed by atoms with Crippen molar-refractivity contribution in [3.8, 4) is 0 Å². The van der Waals surface area contributed by atoms with Gasteiger partial charge in [-0.2, -0.15) is 0 Å². The molecule has 0 aliphatic carbocycles. The van der Waals surface area contributed by atoms with E-state index in [4.69, 9.17) is 14.9 Å². The summed E-state index contributed by atoms with van der Waals surface area (Å²) in [6, 6.07) is 0. The Hall–Kier alpha value is -0.640. The molecule has 0 amide bonds. The highest BCUT2D eigenvalue weighted by atomic mass is 16.7. The monoisotopic (exact) mass is 158 g/mol. The molecule has 0 spiro atoms. The zero-order chi connectivity index (χ0) is 8.69. The third-order valence-electron chi connectivity index (χ3n) is 1.05. The van der Waals surface area contributed by atoms with E-state index >= 15 is 0 Å². The third kappa shape index (κ3) is 5.79. The highest BCUT2D eigenvalue weighted by molar-refractivity contribution is 4.70. The number of aliphatic hydroxyl groups is 2. The normalized spacial score (nSPS) is 15.5. The maximum absolute atomic E-state index is 8.96. The number of ether oxygens (including phenoxy) is 1. The molecule has 0 radical (unpaired) electrons. The topological polar surface area (TPSA) is 49.7 Å². The van der Waals surface area contributed by atoms with Gasteiger partial charge >= 0.3 is 0 Å². The van der Waals surface area contributed by atoms with Crippen LogP contribution in [0, 0.1) is 0 Å². The molecule has 0 aromatic carbocycles. The van der Waals surface area contributed by atoms with E-state index in [1.165, 1.54) is 12.2 Å². The van der Waals surface area contributed by atoms with Crippen LogP contribution < -0.4 is 0 Å². The molecule has 0 rings (SSSR count). The summed E-state index contributed by atoms with van der Waals surface area (Å²) in [7, 11) is 0. The van der Waals surface area contributed by atoms with E-state index < -0.39 is 12.6 Å². The fourth-order valence-electron chi connectivity index (χ4n) is 0.578. The van der Waals surface area contributed by atoms with E-state index in [0.29, 0.717) is 12.8 Å². The maximum Gasteiger partial charge on any atom is 0.161 e. The molecule has 2 atom stereocenters. The van der Waals surface area contributed by atoms with Crippen LogP contribution in [0.2, 0.25) is 0 Å². The van der Waals surface area contributed by atoms with Gasteiger partial charge in [-0.3, -0.25) is 0 Å². The lowest BCUT2D eigenvalue weighted by Gasteiger charge is -2.13. The third-order valence-corrected chi connectivity index (χ3v) is 1.05. The first-order valence-corrected chi connectivity index (χ1v) is 3.44. The van der Waals surface area contributed by atoms with Crippen molar-refractivity contribution in [2.75, 3.05) is 0 Å². The molecule has 0 bridgehead atoms. The standard InChI is InChI=1S/C8H14O3/c1-3-5-7(9)11-8(10)6-4-2/h3-4,7-10H,1-2,5-6H2. The van der Waals surface area contributed by atoms with Gasteiger partial charge in [-0.05, 0) is 0 Å². The Morgan fingerprint density at radius 3 is 1.73 bits per heavy atom. The molecule has 0 heterocycles. The molecule has 0 aliphatic heterocycles. The molecule has 0 aromatic rings. The van der Waals surface area contributed by atoms with Crippen LogP contribution in [0.15, 0.2) is 25.3 Å². The minimum atomic E-state index is -0.970. The zero-order valence-electron chi connectivity index (χ0n) is 6.44. The number of hydrogen-bond acceptors (Lipinski definition) is 3. The molecular formula is C8H14O3. The van der Waals surface area contributed by atoms with E-state index in [0.717, 1.165) is 0 Å². The van der Waals surface area contributed by atoms with Crippen LogP contribution in [0.25, 0.3) is 0 Å². The largest absolute Gasteiger partial charge is 0.368 e. The fraction of sp³-hybridized carbons (Fsp3) is 0.500. The average Bonchev–Trinajstić information content (AvgIpc) is 1.87. The highest BCUT2D eigenvalue weighted by Gasteiger charge is 2.07. The van der Waals surface area contributed by atoms with Crippen molar-refractivity contribution in [2.45, 2.75) is 25.4 Å². The van der Waals surface area contributed by atoms with Crippen LogP contribution in [-0.4, -0.2) is 22.8 Å². The molecule has 0 aliphatic rings. The molecule has 0 aromatic heterocycles. The highest BCUT2D eigenvalue weighted by Crippen LogP contribution is 2.01. The fourth-order valence-corrected chi connectivity index (χ4v) is 0.578. The van der Waals surface area contributed by atoms with Crippen molar-refractivity contribution < 1.29 is 14.9 Å². The number of aliphatic hydroxyl groups excluding tert-OH is 2. The summed E-state index contributed by atoms with van der Waals surface area (Å²) in [5.74, 6) is 0. The molecule has 2 N–H and O–H groups in total. The Morgan fingerprint density at radius 1 is 1.09 bits per heavy atom. The van der Waals surface area contributed by atoms with E-state index in [1.807, 2.05) is 0 Å².